The van der Waals surface area contributed by atoms with Crippen LogP contribution in [0.25, 0.3) is 0 Å². The van der Waals surface area contributed by atoms with Gasteiger partial charge in [-0.3, -0.25) is 10.4 Å². The first kappa shape index (κ1) is 21.7. The van der Waals surface area contributed by atoms with Crippen molar-refractivity contribution in [2.75, 3.05) is 36.9 Å². The quantitative estimate of drug-likeness (QED) is 0.277. The average Bonchev–Trinajstić information content (AvgIpc) is 3.34. The molecule has 0 radical (unpaired) electrons. The molecule has 0 aliphatic carbocycles. The fraction of sp³-hybridized carbons (Fsp3) is 0.217. The van der Waals surface area contributed by atoms with Crippen LogP contribution in [0.2, 0.25) is 0 Å². The fourth-order valence-electron chi connectivity index (χ4n) is 3.33. The van der Waals surface area contributed by atoms with Gasteiger partial charge in [0.05, 0.1) is 30.3 Å². The SMILES string of the molecule is Cc1ncccc1NC(=S)Nc1ccc(C(=N)N=C(c2ccc[nH]2)N2CCOCC2)cc1. The standard InChI is InChI=1S/C23H25N7OS/c1-16-19(4-2-10-25-16)28-23(32)27-18-8-6-17(7-9-18)21(24)29-22(20-5-3-11-26-20)30-12-14-31-15-13-30/h2-11,24,26H,12-15H2,1H3,(H2,27,28,32). The van der Waals surface area contributed by atoms with Gasteiger partial charge in [0.1, 0.15) is 0 Å². The van der Waals surface area contributed by atoms with Gasteiger partial charge in [0.2, 0.25) is 0 Å². The summed E-state index contributed by atoms with van der Waals surface area (Å²) < 4.78 is 5.46. The lowest BCUT2D eigenvalue weighted by Gasteiger charge is -2.29. The highest BCUT2D eigenvalue weighted by Crippen LogP contribution is 2.15. The summed E-state index contributed by atoms with van der Waals surface area (Å²) in [7, 11) is 0. The maximum atomic E-state index is 8.54. The van der Waals surface area contributed by atoms with Gasteiger partial charge >= 0.3 is 0 Å². The van der Waals surface area contributed by atoms with Gasteiger partial charge in [-0.25, -0.2) is 4.99 Å². The van der Waals surface area contributed by atoms with Crippen molar-refractivity contribution in [3.63, 3.8) is 0 Å². The fourth-order valence-corrected chi connectivity index (χ4v) is 3.56. The van der Waals surface area contributed by atoms with Crippen LogP contribution < -0.4 is 10.6 Å². The first-order valence-electron chi connectivity index (χ1n) is 10.3. The molecule has 1 saturated heterocycles. The Labute approximate surface area is 192 Å². The number of pyridine rings is 1. The van der Waals surface area contributed by atoms with E-state index in [-0.39, 0.29) is 5.84 Å². The molecule has 0 amide bonds. The molecule has 4 rings (SSSR count). The molecule has 0 spiro atoms. The van der Waals surface area contributed by atoms with Crippen LogP contribution in [0.3, 0.4) is 0 Å². The summed E-state index contributed by atoms with van der Waals surface area (Å²) in [5.41, 5.74) is 4.16. The van der Waals surface area contributed by atoms with E-state index in [4.69, 9.17) is 22.4 Å². The molecule has 2 aromatic heterocycles. The summed E-state index contributed by atoms with van der Waals surface area (Å²) >= 11 is 5.40. The molecule has 3 heterocycles. The second kappa shape index (κ2) is 10.2. The van der Waals surface area contributed by atoms with Gasteiger partial charge in [0.25, 0.3) is 0 Å². The van der Waals surface area contributed by atoms with Crippen LogP contribution in [0.5, 0.6) is 0 Å². The molecule has 3 aromatic rings. The highest BCUT2D eigenvalue weighted by atomic mass is 32.1. The second-order valence-corrected chi connectivity index (χ2v) is 7.67. The summed E-state index contributed by atoms with van der Waals surface area (Å²) in [4.78, 5) is 14.2. The number of ether oxygens (including phenoxy) is 1. The summed E-state index contributed by atoms with van der Waals surface area (Å²) in [5.74, 6) is 0.946. The lowest BCUT2D eigenvalue weighted by atomic mass is 10.2. The van der Waals surface area contributed by atoms with Crippen molar-refractivity contribution in [3.05, 3.63) is 77.9 Å². The Morgan fingerprint density at radius 1 is 1.12 bits per heavy atom. The number of amidine groups is 2. The minimum Gasteiger partial charge on any atom is -0.378 e. The zero-order valence-electron chi connectivity index (χ0n) is 17.8. The molecule has 1 aromatic carbocycles. The van der Waals surface area contributed by atoms with E-state index >= 15 is 0 Å². The third-order valence-electron chi connectivity index (χ3n) is 5.04. The van der Waals surface area contributed by atoms with Gasteiger partial charge in [-0.2, -0.15) is 0 Å². The predicted molar refractivity (Wildman–Crippen MR) is 132 cm³/mol. The molecule has 164 valence electrons. The van der Waals surface area contributed by atoms with E-state index in [0.29, 0.717) is 18.3 Å². The molecule has 4 N–H and O–H groups in total. The minimum absolute atomic E-state index is 0.194. The minimum atomic E-state index is 0.194. The van der Waals surface area contributed by atoms with Crippen molar-refractivity contribution >= 4 is 40.4 Å². The van der Waals surface area contributed by atoms with Gasteiger partial charge in [0, 0.05) is 36.7 Å². The van der Waals surface area contributed by atoms with E-state index in [0.717, 1.165) is 47.3 Å². The van der Waals surface area contributed by atoms with E-state index in [9.17, 15) is 0 Å². The molecule has 9 heteroatoms. The molecule has 0 atom stereocenters. The first-order chi connectivity index (χ1) is 15.6. The number of aromatic amines is 1. The Bertz CT molecular complexity index is 1100. The van der Waals surface area contributed by atoms with Crippen LogP contribution >= 0.6 is 12.2 Å². The van der Waals surface area contributed by atoms with Gasteiger partial charge in [-0.05, 0) is 67.7 Å². The Kier molecular flexibility index (Phi) is 6.88. The molecule has 32 heavy (non-hydrogen) atoms. The number of benzene rings is 1. The zero-order valence-corrected chi connectivity index (χ0v) is 18.6. The van der Waals surface area contributed by atoms with Crippen LogP contribution in [-0.2, 0) is 4.74 Å². The number of nitrogens with zero attached hydrogens (tertiary/aromatic N) is 3. The number of nitrogens with one attached hydrogen (secondary N) is 4. The maximum absolute atomic E-state index is 8.54. The van der Waals surface area contributed by atoms with Crippen molar-refractivity contribution < 1.29 is 4.74 Å². The van der Waals surface area contributed by atoms with Crippen molar-refractivity contribution in [1.29, 1.82) is 5.41 Å². The van der Waals surface area contributed by atoms with Crippen LogP contribution in [0.1, 0.15) is 17.0 Å². The number of morpholine rings is 1. The Morgan fingerprint density at radius 3 is 2.59 bits per heavy atom. The van der Waals surface area contributed by atoms with Crippen molar-refractivity contribution in [1.82, 2.24) is 14.9 Å². The number of aryl methyl sites for hydroxylation is 1. The molecule has 0 unspecified atom stereocenters. The van der Waals surface area contributed by atoms with E-state index in [1.165, 1.54) is 0 Å². The average molecular weight is 448 g/mol. The van der Waals surface area contributed by atoms with Gasteiger partial charge in [-0.15, -0.1) is 0 Å². The largest absolute Gasteiger partial charge is 0.378 e. The molecular formula is C23H25N7OS. The van der Waals surface area contributed by atoms with Gasteiger partial charge < -0.3 is 25.3 Å². The summed E-state index contributed by atoms with van der Waals surface area (Å²) in [6.07, 6.45) is 3.60. The smallest absolute Gasteiger partial charge is 0.175 e. The third-order valence-corrected chi connectivity index (χ3v) is 5.24. The number of hydrogen-bond acceptors (Lipinski definition) is 4. The van der Waals surface area contributed by atoms with E-state index < -0.39 is 0 Å². The molecule has 1 aliphatic rings. The van der Waals surface area contributed by atoms with Crippen LogP contribution in [-0.4, -0.2) is 58.0 Å². The normalized spacial score (nSPS) is 14.2. The number of H-pyrrole nitrogens is 1. The topological polar surface area (TPSA) is 101 Å². The highest BCUT2D eigenvalue weighted by molar-refractivity contribution is 7.80. The lowest BCUT2D eigenvalue weighted by Crippen LogP contribution is -2.41. The van der Waals surface area contributed by atoms with Gasteiger partial charge in [0.15, 0.2) is 16.8 Å². The highest BCUT2D eigenvalue weighted by Gasteiger charge is 2.18. The summed E-state index contributed by atoms with van der Waals surface area (Å²) in [6, 6.07) is 15.2. The molecular weight excluding hydrogens is 422 g/mol. The van der Waals surface area contributed by atoms with Crippen molar-refractivity contribution in [3.8, 4) is 0 Å². The van der Waals surface area contributed by atoms with E-state index in [1.54, 1.807) is 6.20 Å². The number of rotatable bonds is 4. The summed E-state index contributed by atoms with van der Waals surface area (Å²) in [5, 5.41) is 15.3. The predicted octanol–water partition coefficient (Wildman–Crippen LogP) is 3.63. The number of aliphatic imine (C=N–C) groups is 1. The van der Waals surface area contributed by atoms with Crippen LogP contribution in [0, 0.1) is 12.3 Å². The Hall–Kier alpha value is -3.56. The van der Waals surface area contributed by atoms with Crippen molar-refractivity contribution in [2.45, 2.75) is 6.92 Å². The zero-order chi connectivity index (χ0) is 22.3. The number of thiocarbonyl (C=S) groups is 1. The molecule has 1 fully saturated rings. The lowest BCUT2D eigenvalue weighted by molar-refractivity contribution is 0.0682. The monoisotopic (exact) mass is 447 g/mol. The van der Waals surface area contributed by atoms with Crippen LogP contribution in [0.4, 0.5) is 11.4 Å². The second-order valence-electron chi connectivity index (χ2n) is 7.26. The van der Waals surface area contributed by atoms with E-state index in [1.807, 2.05) is 61.7 Å². The molecule has 0 bridgehead atoms. The maximum Gasteiger partial charge on any atom is 0.175 e. The van der Waals surface area contributed by atoms with Crippen LogP contribution in [0.15, 0.2) is 65.9 Å². The van der Waals surface area contributed by atoms with Crippen molar-refractivity contribution in [2.24, 2.45) is 4.99 Å². The summed E-state index contributed by atoms with van der Waals surface area (Å²) in [6.45, 7) is 4.72. The van der Waals surface area contributed by atoms with E-state index in [2.05, 4.69) is 30.5 Å². The first-order valence-corrected chi connectivity index (χ1v) is 10.7. The Balaban J connectivity index is 1.45. The molecule has 1 aliphatic heterocycles. The molecule has 0 saturated carbocycles. The number of anilines is 2. The number of aromatic nitrogens is 2. The molecule has 8 nitrogen and oxygen atoms in total. The Morgan fingerprint density at radius 2 is 1.91 bits per heavy atom. The third kappa shape index (κ3) is 5.37. The van der Waals surface area contributed by atoms with Gasteiger partial charge in [-0.1, -0.05) is 0 Å². The number of hydrogen-bond donors (Lipinski definition) is 4.